The van der Waals surface area contributed by atoms with Crippen LogP contribution < -0.4 is 15.5 Å². The van der Waals surface area contributed by atoms with Crippen molar-refractivity contribution in [3.63, 3.8) is 0 Å². The summed E-state index contributed by atoms with van der Waals surface area (Å²) >= 11 is 6.22. The first kappa shape index (κ1) is 28.1. The zero-order chi connectivity index (χ0) is 29.0. The SMILES string of the molecule is COC(=O)c1ccc(NC(=O)c2ccc(NC3=C(Cl)C(=O)N(c4cccc(C(=O)OC(C)C)c4)C3=O)cc2)cc1. The van der Waals surface area contributed by atoms with Gasteiger partial charge in [0.05, 0.1) is 30.0 Å². The van der Waals surface area contributed by atoms with E-state index in [1.165, 1.54) is 55.6 Å². The lowest BCUT2D eigenvalue weighted by Gasteiger charge is -2.16. The first-order chi connectivity index (χ1) is 19.1. The predicted octanol–water partition coefficient (Wildman–Crippen LogP) is 4.73. The van der Waals surface area contributed by atoms with Crippen LogP contribution in [-0.4, -0.2) is 42.9 Å². The maximum atomic E-state index is 13.1. The Labute approximate surface area is 234 Å². The Balaban J connectivity index is 1.44. The second kappa shape index (κ2) is 11.8. The number of benzene rings is 3. The van der Waals surface area contributed by atoms with Crippen molar-refractivity contribution in [1.29, 1.82) is 0 Å². The fraction of sp³-hybridized carbons (Fsp3) is 0.138. The van der Waals surface area contributed by atoms with Gasteiger partial charge < -0.3 is 20.1 Å². The van der Waals surface area contributed by atoms with Crippen molar-refractivity contribution in [3.8, 4) is 0 Å². The number of carbonyl (C=O) groups excluding carboxylic acids is 5. The Morgan fingerprint density at radius 3 is 2.05 bits per heavy atom. The Bertz CT molecular complexity index is 1530. The van der Waals surface area contributed by atoms with Gasteiger partial charge in [-0.05, 0) is 80.6 Å². The largest absolute Gasteiger partial charge is 0.465 e. The number of carbonyl (C=O) groups is 5. The molecule has 0 saturated carbocycles. The van der Waals surface area contributed by atoms with Crippen molar-refractivity contribution in [3.05, 3.63) is 100 Å². The Hall–Kier alpha value is -4.96. The molecule has 1 aliphatic heterocycles. The molecule has 0 unspecified atom stereocenters. The summed E-state index contributed by atoms with van der Waals surface area (Å²) in [6.45, 7) is 3.42. The Morgan fingerprint density at radius 2 is 1.43 bits per heavy atom. The third kappa shape index (κ3) is 6.02. The number of rotatable bonds is 8. The maximum Gasteiger partial charge on any atom is 0.338 e. The number of hydrogen-bond donors (Lipinski definition) is 2. The van der Waals surface area contributed by atoms with Crippen molar-refractivity contribution in [2.45, 2.75) is 20.0 Å². The molecule has 1 aliphatic rings. The van der Waals surface area contributed by atoms with E-state index in [1.54, 1.807) is 38.1 Å². The molecule has 10 nitrogen and oxygen atoms in total. The molecule has 3 amide bonds. The lowest BCUT2D eigenvalue weighted by atomic mass is 10.1. The second-order valence-electron chi connectivity index (χ2n) is 8.86. The highest BCUT2D eigenvalue weighted by molar-refractivity contribution is 6.53. The number of imide groups is 1. The number of nitrogens with one attached hydrogen (secondary N) is 2. The molecule has 3 aromatic rings. The van der Waals surface area contributed by atoms with Gasteiger partial charge in [0.2, 0.25) is 0 Å². The van der Waals surface area contributed by atoms with E-state index in [2.05, 4.69) is 15.4 Å². The van der Waals surface area contributed by atoms with Crippen molar-refractivity contribution >= 4 is 58.3 Å². The molecule has 0 atom stereocenters. The van der Waals surface area contributed by atoms with Gasteiger partial charge in [0.15, 0.2) is 0 Å². The van der Waals surface area contributed by atoms with E-state index in [-0.39, 0.29) is 28.1 Å². The highest BCUT2D eigenvalue weighted by atomic mass is 35.5. The topological polar surface area (TPSA) is 131 Å². The van der Waals surface area contributed by atoms with E-state index in [0.717, 1.165) is 4.90 Å². The summed E-state index contributed by atoms with van der Waals surface area (Å²) in [5, 5.41) is 5.24. The average molecular weight is 562 g/mol. The maximum absolute atomic E-state index is 13.1. The van der Waals surface area contributed by atoms with Gasteiger partial charge in [-0.25, -0.2) is 14.5 Å². The zero-order valence-electron chi connectivity index (χ0n) is 21.7. The molecule has 0 aliphatic carbocycles. The van der Waals surface area contributed by atoms with Crippen LogP contribution in [0.4, 0.5) is 17.1 Å². The van der Waals surface area contributed by atoms with Gasteiger partial charge in [0, 0.05) is 16.9 Å². The minimum atomic E-state index is -0.752. The van der Waals surface area contributed by atoms with E-state index in [1.807, 2.05) is 0 Å². The minimum Gasteiger partial charge on any atom is -0.465 e. The number of amides is 3. The van der Waals surface area contributed by atoms with Crippen LogP contribution in [0.5, 0.6) is 0 Å². The van der Waals surface area contributed by atoms with E-state index in [9.17, 15) is 24.0 Å². The molecule has 0 aromatic heterocycles. The summed E-state index contributed by atoms with van der Waals surface area (Å²) in [5.41, 5.74) is 1.75. The van der Waals surface area contributed by atoms with Crippen LogP contribution in [0.1, 0.15) is 44.9 Å². The highest BCUT2D eigenvalue weighted by Gasteiger charge is 2.39. The van der Waals surface area contributed by atoms with Crippen LogP contribution in [0.2, 0.25) is 0 Å². The number of hydrogen-bond acceptors (Lipinski definition) is 8. The van der Waals surface area contributed by atoms with Crippen LogP contribution in [-0.2, 0) is 19.1 Å². The molecule has 0 saturated heterocycles. The molecule has 11 heteroatoms. The van der Waals surface area contributed by atoms with Gasteiger partial charge >= 0.3 is 11.9 Å². The van der Waals surface area contributed by atoms with Gasteiger partial charge in [-0.1, -0.05) is 17.7 Å². The van der Waals surface area contributed by atoms with Gasteiger partial charge in [0.25, 0.3) is 17.7 Å². The molecule has 0 radical (unpaired) electrons. The van der Waals surface area contributed by atoms with Crippen LogP contribution >= 0.6 is 11.6 Å². The van der Waals surface area contributed by atoms with Crippen LogP contribution in [0, 0.1) is 0 Å². The number of methoxy groups -OCH3 is 1. The smallest absolute Gasteiger partial charge is 0.338 e. The van der Waals surface area contributed by atoms with E-state index < -0.39 is 29.7 Å². The van der Waals surface area contributed by atoms with Crippen molar-refractivity contribution in [1.82, 2.24) is 0 Å². The number of halogens is 1. The van der Waals surface area contributed by atoms with Crippen molar-refractivity contribution in [2.75, 3.05) is 22.6 Å². The average Bonchev–Trinajstić information content (AvgIpc) is 3.15. The molecule has 0 bridgehead atoms. The monoisotopic (exact) mass is 561 g/mol. The molecule has 3 aromatic carbocycles. The normalized spacial score (nSPS) is 13.0. The number of esters is 2. The molecule has 204 valence electrons. The lowest BCUT2D eigenvalue weighted by Crippen LogP contribution is -2.32. The minimum absolute atomic E-state index is 0.148. The Morgan fingerprint density at radius 1 is 0.800 bits per heavy atom. The molecule has 4 rings (SSSR count). The van der Waals surface area contributed by atoms with Gasteiger partial charge in [-0.2, -0.15) is 0 Å². The van der Waals surface area contributed by atoms with Gasteiger partial charge in [-0.3, -0.25) is 14.4 Å². The third-order valence-corrected chi connectivity index (χ3v) is 6.04. The molecule has 2 N–H and O–H groups in total. The summed E-state index contributed by atoms with van der Waals surface area (Å²) in [6.07, 6.45) is -0.338. The summed E-state index contributed by atoms with van der Waals surface area (Å²) in [7, 11) is 1.28. The van der Waals surface area contributed by atoms with Crippen molar-refractivity contribution < 1.29 is 33.4 Å². The molecular weight excluding hydrogens is 538 g/mol. The molecule has 1 heterocycles. The number of ether oxygens (including phenoxy) is 2. The Kier molecular flexibility index (Phi) is 8.30. The fourth-order valence-electron chi connectivity index (χ4n) is 3.76. The predicted molar refractivity (Wildman–Crippen MR) is 148 cm³/mol. The van der Waals surface area contributed by atoms with E-state index in [0.29, 0.717) is 22.5 Å². The molecular formula is C29H24ClN3O7. The third-order valence-electron chi connectivity index (χ3n) is 5.69. The number of nitrogens with zero attached hydrogens (tertiary/aromatic N) is 1. The van der Waals surface area contributed by atoms with Gasteiger partial charge in [-0.15, -0.1) is 0 Å². The summed E-state index contributed by atoms with van der Waals surface area (Å²) in [5.74, 6) is -2.93. The van der Waals surface area contributed by atoms with Crippen molar-refractivity contribution in [2.24, 2.45) is 0 Å². The summed E-state index contributed by atoms with van der Waals surface area (Å²) < 4.78 is 9.84. The zero-order valence-corrected chi connectivity index (χ0v) is 22.4. The molecule has 40 heavy (non-hydrogen) atoms. The van der Waals surface area contributed by atoms with Gasteiger partial charge in [0.1, 0.15) is 10.7 Å². The summed E-state index contributed by atoms with van der Waals surface area (Å²) in [4.78, 5) is 63.3. The van der Waals surface area contributed by atoms with Crippen LogP contribution in [0.15, 0.2) is 83.5 Å². The van der Waals surface area contributed by atoms with E-state index >= 15 is 0 Å². The van der Waals surface area contributed by atoms with Crippen LogP contribution in [0.3, 0.4) is 0 Å². The second-order valence-corrected chi connectivity index (χ2v) is 9.24. The van der Waals surface area contributed by atoms with E-state index in [4.69, 9.17) is 16.3 Å². The molecule has 0 fully saturated rings. The first-order valence-corrected chi connectivity index (χ1v) is 12.4. The first-order valence-electron chi connectivity index (χ1n) is 12.1. The lowest BCUT2D eigenvalue weighted by molar-refractivity contribution is -0.120. The molecule has 0 spiro atoms. The quantitative estimate of drug-likeness (QED) is 0.298. The van der Waals surface area contributed by atoms with Crippen LogP contribution in [0.25, 0.3) is 0 Å². The highest BCUT2D eigenvalue weighted by Crippen LogP contribution is 2.31. The fourth-order valence-corrected chi connectivity index (χ4v) is 3.97. The number of anilines is 3. The summed E-state index contributed by atoms with van der Waals surface area (Å²) in [6, 6.07) is 18.3. The standard InChI is InChI=1S/C29H24ClN3O7/c1-16(2)40-29(38)19-5-4-6-22(15-19)33-26(35)23(30)24(27(33)36)31-20-11-7-17(8-12-20)25(34)32-21-13-9-18(10-14-21)28(37)39-3/h4-16,31H,1-3H3,(H,32,34).